The maximum atomic E-state index is 13.4. The predicted molar refractivity (Wildman–Crippen MR) is 64.8 cm³/mol. The minimum absolute atomic E-state index is 0.150. The van der Waals surface area contributed by atoms with Crippen molar-refractivity contribution < 1.29 is 40.3 Å². The molecule has 2 nitrogen and oxygen atoms in total. The van der Waals surface area contributed by atoms with E-state index in [0.29, 0.717) is 0 Å². The lowest BCUT2D eigenvalue weighted by Gasteiger charge is -2.31. The Morgan fingerprint density at radius 3 is 1.77 bits per heavy atom. The van der Waals surface area contributed by atoms with Crippen LogP contribution in [0.25, 0.3) is 0 Å². The zero-order chi connectivity index (χ0) is 18.0. The van der Waals surface area contributed by atoms with Gasteiger partial charge in [0.15, 0.2) is 0 Å². The van der Waals surface area contributed by atoms with E-state index in [-0.39, 0.29) is 12.8 Å². The largest absolute Gasteiger partial charge is 0.460 e. The van der Waals surface area contributed by atoms with Crippen LogP contribution in [0.5, 0.6) is 0 Å². The molecule has 0 spiro atoms. The molecule has 0 fully saturated rings. The first-order valence-electron chi connectivity index (χ1n) is 6.60. The molecule has 0 rings (SSSR count). The third-order valence-electron chi connectivity index (χ3n) is 2.70. The van der Waals surface area contributed by atoms with Gasteiger partial charge in [-0.1, -0.05) is 13.3 Å². The molecule has 1 atom stereocenters. The van der Waals surface area contributed by atoms with Crippen molar-refractivity contribution in [2.75, 3.05) is 0 Å². The van der Waals surface area contributed by atoms with Crippen molar-refractivity contribution in [2.45, 2.75) is 70.6 Å². The number of rotatable bonds is 6. The van der Waals surface area contributed by atoms with Crippen molar-refractivity contribution in [3.63, 3.8) is 0 Å². The summed E-state index contributed by atoms with van der Waals surface area (Å²) in [5.74, 6) is -14.6. The van der Waals surface area contributed by atoms with E-state index in [1.807, 2.05) is 0 Å². The van der Waals surface area contributed by atoms with Gasteiger partial charge in [-0.15, -0.1) is 0 Å². The summed E-state index contributed by atoms with van der Waals surface area (Å²) in [6.45, 7) is 5.76. The van der Waals surface area contributed by atoms with Gasteiger partial charge < -0.3 is 4.74 Å². The van der Waals surface area contributed by atoms with Crippen LogP contribution in [-0.2, 0) is 9.53 Å². The molecule has 0 aromatic heterocycles. The predicted octanol–water partition coefficient (Wildman–Crippen LogP) is 4.97. The van der Waals surface area contributed by atoms with Gasteiger partial charge >= 0.3 is 24.0 Å². The van der Waals surface area contributed by atoms with E-state index in [0.717, 1.165) is 0 Å². The molecule has 0 aliphatic heterocycles. The number of esters is 1. The molecule has 0 aromatic rings. The summed E-state index contributed by atoms with van der Waals surface area (Å²) in [4.78, 5) is 11.7. The maximum Gasteiger partial charge on any atom is 0.459 e. The molecular formula is C13H19F7O2. The summed E-state index contributed by atoms with van der Waals surface area (Å²) in [6, 6.07) is 0. The second-order valence-corrected chi connectivity index (χ2v) is 6.00. The van der Waals surface area contributed by atoms with E-state index in [2.05, 4.69) is 0 Å². The van der Waals surface area contributed by atoms with Crippen LogP contribution in [0.1, 0.15) is 47.0 Å². The molecule has 0 radical (unpaired) electrons. The number of carbonyl (C=O) groups is 1. The van der Waals surface area contributed by atoms with E-state index >= 15 is 0 Å². The quantitative estimate of drug-likeness (QED) is 0.504. The van der Waals surface area contributed by atoms with Crippen LogP contribution in [0.3, 0.4) is 0 Å². The molecule has 9 heteroatoms. The molecule has 0 amide bonds. The fraction of sp³-hybridized carbons (Fsp3) is 0.923. The molecule has 0 aromatic carbocycles. The van der Waals surface area contributed by atoms with Crippen LogP contribution in [0, 0.1) is 5.92 Å². The summed E-state index contributed by atoms with van der Waals surface area (Å²) >= 11 is 0. The lowest BCUT2D eigenvalue weighted by atomic mass is 9.92. The van der Waals surface area contributed by atoms with Crippen LogP contribution in [0.4, 0.5) is 30.7 Å². The molecule has 0 saturated heterocycles. The highest BCUT2D eigenvalue weighted by atomic mass is 19.4. The standard InChI is InChI=1S/C13H19F7O2/c1-5-6-8(9(21)22-10(2,3)4)7-11(14,15)12(16,17)13(18,19)20/h8H,5-7H2,1-4H3. The van der Waals surface area contributed by atoms with Gasteiger partial charge in [0.2, 0.25) is 0 Å². The normalized spacial score (nSPS) is 15.6. The van der Waals surface area contributed by atoms with Crippen LogP contribution in [-0.4, -0.2) is 29.6 Å². The van der Waals surface area contributed by atoms with Crippen molar-refractivity contribution >= 4 is 5.97 Å². The lowest BCUT2D eigenvalue weighted by Crippen LogP contribution is -2.53. The van der Waals surface area contributed by atoms with Crippen molar-refractivity contribution in [1.82, 2.24) is 0 Å². The van der Waals surface area contributed by atoms with Gasteiger partial charge in [-0.2, -0.15) is 30.7 Å². The highest BCUT2D eigenvalue weighted by Gasteiger charge is 2.73. The smallest absolute Gasteiger partial charge is 0.459 e. The average molecular weight is 340 g/mol. The minimum atomic E-state index is -6.40. The van der Waals surface area contributed by atoms with E-state index in [9.17, 15) is 35.5 Å². The summed E-state index contributed by atoms with van der Waals surface area (Å²) < 4.78 is 93.6. The fourth-order valence-corrected chi connectivity index (χ4v) is 1.68. The number of alkyl halides is 7. The molecule has 0 bridgehead atoms. The van der Waals surface area contributed by atoms with Gasteiger partial charge in [0.1, 0.15) is 5.60 Å². The lowest BCUT2D eigenvalue weighted by molar-refractivity contribution is -0.357. The average Bonchev–Trinajstić information content (AvgIpc) is 2.23. The number of halogens is 7. The number of hydrogen-bond donors (Lipinski definition) is 0. The van der Waals surface area contributed by atoms with Crippen LogP contribution in [0.2, 0.25) is 0 Å². The van der Waals surface area contributed by atoms with Crippen molar-refractivity contribution in [2.24, 2.45) is 5.92 Å². The fourth-order valence-electron chi connectivity index (χ4n) is 1.68. The van der Waals surface area contributed by atoms with Crippen molar-refractivity contribution in [1.29, 1.82) is 0 Å². The Hall–Kier alpha value is -1.02. The summed E-state index contributed by atoms with van der Waals surface area (Å²) in [7, 11) is 0. The van der Waals surface area contributed by atoms with Gasteiger partial charge in [0, 0.05) is 6.42 Å². The second-order valence-electron chi connectivity index (χ2n) is 6.00. The first kappa shape index (κ1) is 21.0. The van der Waals surface area contributed by atoms with Crippen LogP contribution < -0.4 is 0 Å². The second kappa shape index (κ2) is 6.62. The van der Waals surface area contributed by atoms with Crippen LogP contribution >= 0.6 is 0 Å². The number of hydrogen-bond acceptors (Lipinski definition) is 2. The van der Waals surface area contributed by atoms with Crippen molar-refractivity contribution in [3.05, 3.63) is 0 Å². The Morgan fingerprint density at radius 1 is 1.00 bits per heavy atom. The molecular weight excluding hydrogens is 321 g/mol. The van der Waals surface area contributed by atoms with Crippen LogP contribution in [0.15, 0.2) is 0 Å². The first-order chi connectivity index (χ1) is 9.55. The molecule has 0 saturated carbocycles. The topological polar surface area (TPSA) is 26.3 Å². The Bertz CT molecular complexity index is 383. The highest BCUT2D eigenvalue weighted by Crippen LogP contribution is 2.49. The van der Waals surface area contributed by atoms with Gasteiger partial charge in [0.05, 0.1) is 5.92 Å². The Balaban J connectivity index is 5.28. The minimum Gasteiger partial charge on any atom is -0.460 e. The van der Waals surface area contributed by atoms with Gasteiger partial charge in [0.25, 0.3) is 0 Å². The monoisotopic (exact) mass is 340 g/mol. The zero-order valence-corrected chi connectivity index (χ0v) is 12.7. The Kier molecular flexibility index (Phi) is 6.31. The summed E-state index contributed by atoms with van der Waals surface area (Å²) in [5.41, 5.74) is -1.06. The van der Waals surface area contributed by atoms with Crippen molar-refractivity contribution in [3.8, 4) is 0 Å². The van der Waals surface area contributed by atoms with E-state index < -0.39 is 41.9 Å². The molecule has 0 aliphatic carbocycles. The number of ether oxygens (including phenoxy) is 1. The molecule has 1 unspecified atom stereocenters. The van der Waals surface area contributed by atoms with Gasteiger partial charge in [-0.05, 0) is 27.2 Å². The van der Waals surface area contributed by atoms with Gasteiger partial charge in [-0.3, -0.25) is 4.79 Å². The Labute approximate surface area is 124 Å². The third kappa shape index (κ3) is 5.31. The van der Waals surface area contributed by atoms with E-state index in [1.54, 1.807) is 0 Å². The highest BCUT2D eigenvalue weighted by molar-refractivity contribution is 5.73. The zero-order valence-electron chi connectivity index (χ0n) is 12.7. The van der Waals surface area contributed by atoms with E-state index in [1.165, 1.54) is 27.7 Å². The number of carbonyl (C=O) groups excluding carboxylic acids is 1. The molecule has 0 N–H and O–H groups in total. The molecule has 0 heterocycles. The Morgan fingerprint density at radius 2 is 1.45 bits per heavy atom. The SMILES string of the molecule is CCCC(CC(F)(F)C(F)(F)C(F)(F)F)C(=O)OC(C)(C)C. The van der Waals surface area contributed by atoms with E-state index in [4.69, 9.17) is 4.74 Å². The third-order valence-corrected chi connectivity index (χ3v) is 2.70. The van der Waals surface area contributed by atoms with Gasteiger partial charge in [-0.25, -0.2) is 0 Å². The summed E-state index contributed by atoms with van der Waals surface area (Å²) in [5, 5.41) is 0. The molecule has 132 valence electrons. The maximum absolute atomic E-state index is 13.4. The molecule has 22 heavy (non-hydrogen) atoms. The first-order valence-corrected chi connectivity index (χ1v) is 6.60. The summed E-state index contributed by atoms with van der Waals surface area (Å²) in [6.07, 6.45) is -8.46. The molecule has 0 aliphatic rings.